The molecule has 2 heterocycles. The number of carbonyl (C=O) groups excluding carboxylic acids is 1. The first-order valence-corrected chi connectivity index (χ1v) is 10.4. The quantitative estimate of drug-likeness (QED) is 0.576. The molecule has 4 rings (SSSR count). The molecule has 1 saturated heterocycles. The van der Waals surface area contributed by atoms with Crippen molar-refractivity contribution in [3.63, 3.8) is 0 Å². The van der Waals surface area contributed by atoms with Gasteiger partial charge in [-0.05, 0) is 44.1 Å². The predicted molar refractivity (Wildman–Crippen MR) is 117 cm³/mol. The molecule has 1 aliphatic carbocycles. The van der Waals surface area contributed by atoms with Gasteiger partial charge >= 0.3 is 0 Å². The Morgan fingerprint density at radius 2 is 1.97 bits per heavy atom. The van der Waals surface area contributed by atoms with E-state index >= 15 is 0 Å². The minimum absolute atomic E-state index is 0.0970. The van der Waals surface area contributed by atoms with Crippen LogP contribution in [0.4, 0.5) is 10.1 Å². The molecule has 0 bridgehead atoms. The molecule has 9 heteroatoms. The molecule has 2 aromatic rings. The van der Waals surface area contributed by atoms with Crippen LogP contribution in [0.5, 0.6) is 0 Å². The van der Waals surface area contributed by atoms with Gasteiger partial charge in [0.05, 0.1) is 11.4 Å². The smallest absolute Gasteiger partial charge is 0.289 e. The summed E-state index contributed by atoms with van der Waals surface area (Å²) in [5.41, 5.74) is 11.1. The van der Waals surface area contributed by atoms with Crippen molar-refractivity contribution in [3.05, 3.63) is 52.7 Å². The number of hydrogen-bond donors (Lipinski definition) is 2. The molecule has 0 atom stereocenters. The summed E-state index contributed by atoms with van der Waals surface area (Å²) in [6.45, 7) is 4.02. The Kier molecular flexibility index (Phi) is 5.72. The minimum Gasteiger partial charge on any atom is -0.455 e. The molecule has 0 unspecified atom stereocenters. The zero-order valence-corrected chi connectivity index (χ0v) is 17.6. The number of piperazine rings is 1. The highest BCUT2D eigenvalue weighted by atomic mass is 32.1. The van der Waals surface area contributed by atoms with E-state index in [0.717, 1.165) is 41.9 Å². The van der Waals surface area contributed by atoms with Crippen LogP contribution in [0.25, 0.3) is 0 Å². The summed E-state index contributed by atoms with van der Waals surface area (Å²) < 4.78 is 20.0. The number of nitrogens with zero attached hydrogens (tertiary/aromatic N) is 3. The predicted octanol–water partition coefficient (Wildman–Crippen LogP) is 2.56. The fourth-order valence-electron chi connectivity index (χ4n) is 4.11. The summed E-state index contributed by atoms with van der Waals surface area (Å²) in [7, 11) is 0. The maximum absolute atomic E-state index is 14.1. The molecule has 0 radical (unpaired) electrons. The topological polar surface area (TPSA) is 87.1 Å². The second-order valence-corrected chi connectivity index (χ2v) is 7.91. The molecule has 2 aliphatic rings. The van der Waals surface area contributed by atoms with Crippen LogP contribution >= 0.6 is 12.2 Å². The fourth-order valence-corrected chi connectivity index (χ4v) is 4.15. The van der Waals surface area contributed by atoms with Crippen molar-refractivity contribution >= 4 is 34.6 Å². The molecule has 7 nitrogen and oxygen atoms in total. The van der Waals surface area contributed by atoms with E-state index in [1.807, 2.05) is 17.9 Å². The van der Waals surface area contributed by atoms with Crippen LogP contribution in [-0.4, -0.2) is 47.8 Å². The second-order valence-electron chi connectivity index (χ2n) is 7.47. The van der Waals surface area contributed by atoms with Gasteiger partial charge < -0.3 is 20.0 Å². The van der Waals surface area contributed by atoms with Gasteiger partial charge in [0.25, 0.3) is 5.91 Å². The van der Waals surface area contributed by atoms with E-state index in [1.54, 1.807) is 17.0 Å². The largest absolute Gasteiger partial charge is 0.455 e. The van der Waals surface area contributed by atoms with Crippen molar-refractivity contribution in [3.8, 4) is 0 Å². The van der Waals surface area contributed by atoms with Gasteiger partial charge in [-0.2, -0.15) is 5.10 Å². The number of nitrogens with one attached hydrogen (secondary N) is 1. The van der Waals surface area contributed by atoms with E-state index in [0.29, 0.717) is 37.6 Å². The van der Waals surface area contributed by atoms with E-state index in [2.05, 4.69) is 10.5 Å². The number of thiocarbonyl (C=S) groups is 1. The normalized spacial score (nSPS) is 17.7. The Hall–Kier alpha value is -2.94. The SMILES string of the molecule is Cc1c(C(=O)N2CCN(c3ccccc3F)CC2)oc2c1/C(=N/NC(N)=S)CCC2. The molecule has 1 fully saturated rings. The average Bonchev–Trinajstić information content (AvgIpc) is 3.09. The standard InChI is InChI=1S/C21H24FN5O2S/c1-13-18-15(24-25-21(23)30)6-4-8-17(18)29-19(13)20(28)27-11-9-26(10-12-27)16-7-3-2-5-14(16)22/h2-3,5,7H,4,6,8-12H2,1H3,(H3,23,25,30)/b24-15+. The summed E-state index contributed by atoms with van der Waals surface area (Å²) in [6, 6.07) is 6.71. The Morgan fingerprint density at radius 3 is 2.67 bits per heavy atom. The van der Waals surface area contributed by atoms with Crippen LogP contribution in [0.1, 0.15) is 40.3 Å². The zero-order valence-electron chi connectivity index (χ0n) is 16.8. The summed E-state index contributed by atoms with van der Waals surface area (Å²) in [6.07, 6.45) is 2.40. The van der Waals surface area contributed by atoms with Crippen molar-refractivity contribution in [1.82, 2.24) is 10.3 Å². The number of amides is 1. The lowest BCUT2D eigenvalue weighted by Crippen LogP contribution is -2.49. The van der Waals surface area contributed by atoms with Gasteiger partial charge in [-0.1, -0.05) is 12.1 Å². The molecule has 3 N–H and O–H groups in total. The summed E-state index contributed by atoms with van der Waals surface area (Å²) in [4.78, 5) is 16.9. The van der Waals surface area contributed by atoms with Crippen molar-refractivity contribution in [1.29, 1.82) is 0 Å². The summed E-state index contributed by atoms with van der Waals surface area (Å²) in [5.74, 6) is 0.737. The number of para-hydroxylation sites is 1. The summed E-state index contributed by atoms with van der Waals surface area (Å²) in [5, 5.41) is 4.39. The monoisotopic (exact) mass is 429 g/mol. The van der Waals surface area contributed by atoms with Crippen molar-refractivity contribution in [2.45, 2.75) is 26.2 Å². The highest BCUT2D eigenvalue weighted by Crippen LogP contribution is 2.31. The number of fused-ring (bicyclic) bond motifs is 1. The molecule has 1 aromatic heterocycles. The molecule has 30 heavy (non-hydrogen) atoms. The Balaban J connectivity index is 1.51. The number of hydrogen-bond acceptors (Lipinski definition) is 5. The lowest BCUT2D eigenvalue weighted by atomic mass is 9.93. The van der Waals surface area contributed by atoms with E-state index in [4.69, 9.17) is 22.4 Å². The number of furan rings is 1. The highest BCUT2D eigenvalue weighted by Gasteiger charge is 2.31. The Bertz CT molecular complexity index is 1010. The first-order valence-electron chi connectivity index (χ1n) is 9.99. The van der Waals surface area contributed by atoms with Crippen molar-refractivity contribution in [2.24, 2.45) is 10.8 Å². The molecular weight excluding hydrogens is 405 g/mol. The Morgan fingerprint density at radius 1 is 1.23 bits per heavy atom. The van der Waals surface area contributed by atoms with E-state index < -0.39 is 0 Å². The van der Waals surface area contributed by atoms with Crippen LogP contribution in [0, 0.1) is 12.7 Å². The molecule has 1 aromatic carbocycles. The third kappa shape index (κ3) is 3.89. The van der Waals surface area contributed by atoms with Crippen molar-refractivity contribution < 1.29 is 13.6 Å². The molecule has 0 saturated carbocycles. The fraction of sp³-hybridized carbons (Fsp3) is 0.381. The van der Waals surface area contributed by atoms with Gasteiger partial charge in [0.15, 0.2) is 10.9 Å². The van der Waals surface area contributed by atoms with Gasteiger partial charge in [-0.3, -0.25) is 10.2 Å². The number of carbonyl (C=O) groups is 1. The second kappa shape index (κ2) is 8.43. The van der Waals surface area contributed by atoms with Crippen molar-refractivity contribution in [2.75, 3.05) is 31.1 Å². The summed E-state index contributed by atoms with van der Waals surface area (Å²) >= 11 is 4.83. The number of nitrogens with two attached hydrogens (primary N) is 1. The third-order valence-electron chi connectivity index (χ3n) is 5.58. The lowest BCUT2D eigenvalue weighted by Gasteiger charge is -2.35. The molecular formula is C21H24FN5O2S. The van der Waals surface area contributed by atoms with Crippen LogP contribution in [-0.2, 0) is 6.42 Å². The molecule has 0 spiro atoms. The van der Waals surface area contributed by atoms with Gasteiger partial charge in [-0.15, -0.1) is 0 Å². The van der Waals surface area contributed by atoms with Crippen LogP contribution < -0.4 is 16.1 Å². The van der Waals surface area contributed by atoms with E-state index in [9.17, 15) is 9.18 Å². The maximum atomic E-state index is 14.1. The zero-order chi connectivity index (χ0) is 21.3. The maximum Gasteiger partial charge on any atom is 0.289 e. The van der Waals surface area contributed by atoms with Gasteiger partial charge in [0.2, 0.25) is 0 Å². The first-order chi connectivity index (χ1) is 14.5. The van der Waals surface area contributed by atoms with Crippen LogP contribution in [0.2, 0.25) is 0 Å². The van der Waals surface area contributed by atoms with Crippen LogP contribution in [0.15, 0.2) is 33.8 Å². The minimum atomic E-state index is -0.246. The Labute approximate surface area is 179 Å². The molecule has 158 valence electrons. The number of rotatable bonds is 3. The highest BCUT2D eigenvalue weighted by molar-refractivity contribution is 7.80. The number of halogens is 1. The van der Waals surface area contributed by atoms with Gasteiger partial charge in [0.1, 0.15) is 11.6 Å². The molecule has 1 amide bonds. The third-order valence-corrected chi connectivity index (χ3v) is 5.67. The molecule has 1 aliphatic heterocycles. The van der Waals surface area contributed by atoms with Crippen LogP contribution in [0.3, 0.4) is 0 Å². The van der Waals surface area contributed by atoms with Gasteiger partial charge in [-0.25, -0.2) is 4.39 Å². The van der Waals surface area contributed by atoms with Gasteiger partial charge in [0, 0.05) is 43.7 Å². The van der Waals surface area contributed by atoms with E-state index in [-0.39, 0.29) is 16.8 Å². The first kappa shape index (κ1) is 20.3. The number of aryl methyl sites for hydroxylation is 1. The lowest BCUT2D eigenvalue weighted by molar-refractivity contribution is 0.0711. The average molecular weight is 430 g/mol. The number of benzene rings is 1. The van der Waals surface area contributed by atoms with E-state index in [1.165, 1.54) is 6.07 Å². The number of anilines is 1. The number of hydrazone groups is 1.